The summed E-state index contributed by atoms with van der Waals surface area (Å²) in [5.74, 6) is -1.28. The van der Waals surface area contributed by atoms with Crippen LogP contribution in [0.25, 0.3) is 4.85 Å². The quantitative estimate of drug-likeness (QED) is 0.209. The summed E-state index contributed by atoms with van der Waals surface area (Å²) in [4.78, 5) is 83.7. The van der Waals surface area contributed by atoms with Gasteiger partial charge in [0.15, 0.2) is 5.69 Å². The second kappa shape index (κ2) is 17.8. The molecule has 7 heterocycles. The summed E-state index contributed by atoms with van der Waals surface area (Å²) in [6.45, 7) is 16.5. The van der Waals surface area contributed by atoms with Crippen molar-refractivity contribution in [1.29, 1.82) is 0 Å². The standard InChI is InChI=1S/C46H51F3N10O5/c1-50-38-6-3-32(25-37(38)46(47,48)49)55-18-13-30(14-19-55)42(61)52-40-8-4-33(26-51-40)56-16-11-29(12-17-56)10-15-54-27-34(28-54)58-22-20-57(21-23-58)31-2-5-35-36(24-31)45(64)59(44(35)63)39-7-9-41(60)53-43(39)62/h2-6,8,24-26,29-30,34,39H,7,9-23,27-28H2,(H,51,52,61)(H,53,60,62). The number of nitrogens with zero attached hydrogens (tertiary/aromatic N) is 8. The number of pyridine rings is 1. The Balaban J connectivity index is 0.661. The molecule has 6 aliphatic rings. The first kappa shape index (κ1) is 43.2. The first-order chi connectivity index (χ1) is 30.8. The van der Waals surface area contributed by atoms with Crippen LogP contribution < -0.4 is 25.3 Å². The zero-order valence-electron chi connectivity index (χ0n) is 35.5. The molecule has 5 saturated heterocycles. The number of hydrogen-bond acceptors (Lipinski definition) is 11. The first-order valence-corrected chi connectivity index (χ1v) is 22.3. The third-order valence-electron chi connectivity index (χ3n) is 14.0. The molecule has 336 valence electrons. The highest BCUT2D eigenvalue weighted by molar-refractivity contribution is 6.23. The second-order valence-corrected chi connectivity index (χ2v) is 17.8. The molecule has 15 nitrogen and oxygen atoms in total. The molecule has 5 fully saturated rings. The number of halogens is 3. The SMILES string of the molecule is [C-]#[N+]c1ccc(N2CCC(C(=O)Nc3ccc(N4CCC(CCN5CC(N6CCN(c7ccc8c(c7)C(=O)N(C7CCC(=O)NC7=O)C8=O)CC6)C5)CC4)cn3)CC2)cc1C(F)(F)F. The molecule has 0 aliphatic carbocycles. The van der Waals surface area contributed by atoms with Gasteiger partial charge in [0.05, 0.1) is 35.1 Å². The Labute approximate surface area is 369 Å². The molecular formula is C46H51F3N10O5. The number of amides is 5. The number of piperidine rings is 3. The van der Waals surface area contributed by atoms with Crippen molar-refractivity contribution >= 4 is 58.1 Å². The molecule has 2 N–H and O–H groups in total. The van der Waals surface area contributed by atoms with Gasteiger partial charge in [-0.1, -0.05) is 6.07 Å². The van der Waals surface area contributed by atoms with Gasteiger partial charge in [-0.2, -0.15) is 13.2 Å². The van der Waals surface area contributed by atoms with Gasteiger partial charge in [-0.25, -0.2) is 9.83 Å². The molecular weight excluding hydrogens is 830 g/mol. The van der Waals surface area contributed by atoms with Gasteiger partial charge in [0.25, 0.3) is 11.8 Å². The van der Waals surface area contributed by atoms with Crippen LogP contribution in [0.4, 0.5) is 41.7 Å². The minimum Gasteiger partial charge on any atom is -0.372 e. The number of rotatable bonds is 10. The van der Waals surface area contributed by atoms with E-state index in [1.807, 2.05) is 23.1 Å². The maximum atomic E-state index is 13.5. The van der Waals surface area contributed by atoms with E-state index >= 15 is 0 Å². The fourth-order valence-electron chi connectivity index (χ4n) is 10.1. The number of aromatic nitrogens is 1. The summed E-state index contributed by atoms with van der Waals surface area (Å²) in [5.41, 5.74) is 1.54. The minimum atomic E-state index is -4.61. The molecule has 1 aromatic heterocycles. The molecule has 3 aromatic rings. The molecule has 5 amide bonds. The van der Waals surface area contributed by atoms with Crippen LogP contribution in [-0.2, 0) is 20.6 Å². The maximum absolute atomic E-state index is 13.5. The van der Waals surface area contributed by atoms with Crippen molar-refractivity contribution in [2.24, 2.45) is 11.8 Å². The maximum Gasteiger partial charge on any atom is 0.407 e. The van der Waals surface area contributed by atoms with Crippen molar-refractivity contribution in [3.63, 3.8) is 0 Å². The largest absolute Gasteiger partial charge is 0.407 e. The van der Waals surface area contributed by atoms with Crippen molar-refractivity contribution in [3.05, 3.63) is 82.8 Å². The highest BCUT2D eigenvalue weighted by atomic mass is 19.4. The van der Waals surface area contributed by atoms with E-state index in [2.05, 4.69) is 40.1 Å². The second-order valence-electron chi connectivity index (χ2n) is 17.8. The molecule has 2 aromatic carbocycles. The fourth-order valence-corrected chi connectivity index (χ4v) is 10.1. The number of benzene rings is 2. The number of carbonyl (C=O) groups is 5. The van der Waals surface area contributed by atoms with Gasteiger partial charge < -0.3 is 24.9 Å². The minimum absolute atomic E-state index is 0.0871. The molecule has 6 aliphatic heterocycles. The lowest BCUT2D eigenvalue weighted by Crippen LogP contribution is -2.63. The van der Waals surface area contributed by atoms with E-state index in [-0.39, 0.29) is 24.7 Å². The molecule has 0 bridgehead atoms. The van der Waals surface area contributed by atoms with Gasteiger partial charge in [0.2, 0.25) is 17.7 Å². The molecule has 1 atom stereocenters. The van der Waals surface area contributed by atoms with Crippen LogP contribution in [-0.4, -0.2) is 133 Å². The van der Waals surface area contributed by atoms with Gasteiger partial charge in [0.1, 0.15) is 11.9 Å². The number of fused-ring (bicyclic) bond motifs is 1. The number of carbonyl (C=O) groups excluding carboxylic acids is 5. The number of imide groups is 2. The van der Waals surface area contributed by atoms with E-state index < -0.39 is 47.1 Å². The average Bonchev–Trinajstić information content (AvgIpc) is 3.53. The summed E-state index contributed by atoms with van der Waals surface area (Å²) in [7, 11) is 0. The number of alkyl halides is 3. The third kappa shape index (κ3) is 8.87. The summed E-state index contributed by atoms with van der Waals surface area (Å²) in [6, 6.07) is 12.5. The van der Waals surface area contributed by atoms with Crippen LogP contribution >= 0.6 is 0 Å². The first-order valence-electron chi connectivity index (χ1n) is 22.3. The van der Waals surface area contributed by atoms with Gasteiger partial charge in [-0.15, -0.1) is 0 Å². The molecule has 0 radical (unpaired) electrons. The Morgan fingerprint density at radius 3 is 2.09 bits per heavy atom. The molecule has 64 heavy (non-hydrogen) atoms. The van der Waals surface area contributed by atoms with Gasteiger partial charge in [-0.05, 0) is 93.5 Å². The molecule has 0 saturated carbocycles. The Morgan fingerprint density at radius 2 is 1.42 bits per heavy atom. The molecule has 1 unspecified atom stereocenters. The van der Waals surface area contributed by atoms with Crippen molar-refractivity contribution in [3.8, 4) is 0 Å². The number of hydrogen-bond donors (Lipinski definition) is 2. The van der Waals surface area contributed by atoms with Crippen LogP contribution in [0.3, 0.4) is 0 Å². The van der Waals surface area contributed by atoms with Gasteiger partial charge in [-0.3, -0.25) is 39.1 Å². The molecule has 0 spiro atoms. The fraction of sp³-hybridized carbons (Fsp3) is 0.500. The van der Waals surface area contributed by atoms with E-state index in [0.717, 1.165) is 94.1 Å². The van der Waals surface area contributed by atoms with Gasteiger partial charge >= 0.3 is 6.18 Å². The van der Waals surface area contributed by atoms with Crippen LogP contribution in [0.2, 0.25) is 0 Å². The third-order valence-corrected chi connectivity index (χ3v) is 14.0. The smallest absolute Gasteiger partial charge is 0.372 e. The normalized spacial score (nSPS) is 22.1. The Morgan fingerprint density at radius 1 is 0.781 bits per heavy atom. The van der Waals surface area contributed by atoms with E-state index in [9.17, 15) is 37.1 Å². The van der Waals surface area contributed by atoms with Crippen LogP contribution in [0.1, 0.15) is 71.2 Å². The summed E-state index contributed by atoms with van der Waals surface area (Å²) in [5, 5.41) is 5.16. The van der Waals surface area contributed by atoms with Gasteiger partial charge in [0, 0.05) is 95.2 Å². The van der Waals surface area contributed by atoms with Crippen molar-refractivity contribution in [1.82, 2.24) is 25.0 Å². The van der Waals surface area contributed by atoms with Crippen molar-refractivity contribution < 1.29 is 37.1 Å². The van der Waals surface area contributed by atoms with Crippen LogP contribution in [0, 0.1) is 18.4 Å². The summed E-state index contributed by atoms with van der Waals surface area (Å²) >= 11 is 0. The monoisotopic (exact) mass is 880 g/mol. The Hall–Kier alpha value is -6.06. The highest BCUT2D eigenvalue weighted by Crippen LogP contribution is 2.40. The predicted octanol–water partition coefficient (Wildman–Crippen LogP) is 5.02. The lowest BCUT2D eigenvalue weighted by atomic mass is 9.92. The van der Waals surface area contributed by atoms with Crippen LogP contribution in [0.5, 0.6) is 0 Å². The van der Waals surface area contributed by atoms with Crippen LogP contribution in [0.15, 0.2) is 54.7 Å². The van der Waals surface area contributed by atoms with E-state index in [1.54, 1.807) is 18.3 Å². The van der Waals surface area contributed by atoms with Crippen molar-refractivity contribution in [2.75, 3.05) is 92.0 Å². The lowest BCUT2D eigenvalue weighted by molar-refractivity contribution is -0.137. The lowest BCUT2D eigenvalue weighted by Gasteiger charge is -2.49. The van der Waals surface area contributed by atoms with E-state index in [1.165, 1.54) is 18.6 Å². The van der Waals surface area contributed by atoms with Crippen molar-refractivity contribution in [2.45, 2.75) is 63.2 Å². The number of piperazine rings is 1. The zero-order chi connectivity index (χ0) is 44.7. The zero-order valence-corrected chi connectivity index (χ0v) is 35.5. The number of anilines is 4. The summed E-state index contributed by atoms with van der Waals surface area (Å²) in [6.07, 6.45) is 1.78. The van der Waals surface area contributed by atoms with E-state index in [4.69, 9.17) is 6.57 Å². The molecule has 18 heteroatoms. The average molecular weight is 881 g/mol. The number of likely N-dealkylation sites (tertiary alicyclic amines) is 1. The highest BCUT2D eigenvalue weighted by Gasteiger charge is 2.45. The molecule has 9 rings (SSSR count). The Kier molecular flexibility index (Phi) is 12.0. The predicted molar refractivity (Wildman–Crippen MR) is 232 cm³/mol. The Bertz CT molecular complexity index is 2340. The number of nitrogens with one attached hydrogen (secondary N) is 2. The summed E-state index contributed by atoms with van der Waals surface area (Å²) < 4.78 is 40.5. The topological polar surface area (TPSA) is 146 Å². The van der Waals surface area contributed by atoms with E-state index in [0.29, 0.717) is 60.5 Å².